The van der Waals surface area contributed by atoms with Crippen LogP contribution >= 0.6 is 7.60 Å². The Morgan fingerprint density at radius 3 is 0.783 bits per heavy atom. The van der Waals surface area contributed by atoms with Crippen LogP contribution in [-0.2, 0) is 43.8 Å². The Bertz CT molecular complexity index is 2670. The van der Waals surface area contributed by atoms with Gasteiger partial charge in [0.1, 0.15) is 12.7 Å². The van der Waals surface area contributed by atoms with Gasteiger partial charge in [-0.2, -0.15) is 0 Å². The van der Waals surface area contributed by atoms with E-state index in [1.54, 1.807) is 4.57 Å². The highest BCUT2D eigenvalue weighted by atomic mass is 31.2. The van der Waals surface area contributed by atoms with Crippen LogP contribution in [0.15, 0.2) is 196 Å². The molecular formula is C50H51N6O3P+6. The highest BCUT2D eigenvalue weighted by Crippen LogP contribution is 2.33. The van der Waals surface area contributed by atoms with Gasteiger partial charge in [0.25, 0.3) is 0 Å². The van der Waals surface area contributed by atoms with Crippen molar-refractivity contribution in [2.75, 3.05) is 6.16 Å². The minimum atomic E-state index is -4.01. The molecule has 6 heterocycles. The maximum atomic E-state index is 11.2. The topological polar surface area (TPSA) is 80.8 Å². The Labute approximate surface area is 351 Å². The Morgan fingerprint density at radius 2 is 0.567 bits per heavy atom. The molecule has 9 nitrogen and oxygen atoms in total. The summed E-state index contributed by atoms with van der Waals surface area (Å²) in [6.07, 6.45) is 24.9. The van der Waals surface area contributed by atoms with Crippen molar-refractivity contribution in [2.24, 2.45) is 0 Å². The van der Waals surface area contributed by atoms with Gasteiger partial charge in [0.15, 0.2) is 107 Å². The fourth-order valence-electron chi connectivity index (χ4n) is 7.27. The summed E-state index contributed by atoms with van der Waals surface area (Å²) in [5.41, 5.74) is 12.0. The molecule has 8 rings (SSSR count). The van der Waals surface area contributed by atoms with Crippen LogP contribution in [0.4, 0.5) is 0 Å². The predicted molar refractivity (Wildman–Crippen MR) is 229 cm³/mol. The second-order valence-corrected chi connectivity index (χ2v) is 17.1. The molecular weight excluding hydrogens is 764 g/mol. The molecule has 2 aromatic carbocycles. The van der Waals surface area contributed by atoms with E-state index in [1.807, 2.05) is 24.5 Å². The quantitative estimate of drug-likeness (QED) is 0.102. The molecule has 8 aromatic rings. The first kappa shape index (κ1) is 40.3. The zero-order valence-electron chi connectivity index (χ0n) is 33.9. The van der Waals surface area contributed by atoms with Crippen molar-refractivity contribution >= 4 is 7.60 Å². The number of nitrogens with zero attached hydrogens (tertiary/aromatic N) is 6. The second-order valence-electron chi connectivity index (χ2n) is 15.3. The summed E-state index contributed by atoms with van der Waals surface area (Å²) in [6.45, 7) is 6.63. The highest BCUT2D eigenvalue weighted by molar-refractivity contribution is 7.51. The first-order valence-electron chi connectivity index (χ1n) is 20.4. The van der Waals surface area contributed by atoms with E-state index in [2.05, 4.69) is 201 Å². The molecule has 0 saturated heterocycles. The van der Waals surface area contributed by atoms with Crippen molar-refractivity contribution in [1.82, 2.24) is 0 Å². The molecule has 0 aliphatic rings. The van der Waals surface area contributed by atoms with Gasteiger partial charge in [-0.3, -0.25) is 4.57 Å². The number of hydrogen-bond acceptors (Lipinski definition) is 1. The minimum Gasteiger partial charge on any atom is -0.324 e. The molecule has 0 unspecified atom stereocenters. The van der Waals surface area contributed by atoms with Gasteiger partial charge in [0.05, 0.1) is 0 Å². The average molecular weight is 815 g/mol. The van der Waals surface area contributed by atoms with Crippen molar-refractivity contribution in [3.8, 4) is 33.4 Å². The largest absolute Gasteiger partial charge is 0.331 e. The van der Waals surface area contributed by atoms with Gasteiger partial charge in [-0.05, 0) is 40.3 Å². The van der Waals surface area contributed by atoms with Gasteiger partial charge in [0.2, 0.25) is 0 Å². The normalized spacial score (nSPS) is 11.4. The van der Waals surface area contributed by atoms with Gasteiger partial charge in [0, 0.05) is 95.1 Å². The SMILES string of the molecule is CC[n+]1ccc(-c2cc[n+](Cc3ccc(C[n+]4ccc(-c5cc[n+](Cc6ccc(C[n+]7ccc(-c8cc[n+](CCP(=O)(O)O)cc8)cc7)cc6)cc5)cc4)cc3)cc2)cc1. The van der Waals surface area contributed by atoms with E-state index >= 15 is 0 Å². The van der Waals surface area contributed by atoms with E-state index in [1.165, 1.54) is 44.5 Å². The van der Waals surface area contributed by atoms with E-state index in [0.29, 0.717) is 0 Å². The number of aromatic nitrogens is 6. The Morgan fingerprint density at radius 1 is 0.350 bits per heavy atom. The molecule has 10 heteroatoms. The fourth-order valence-corrected chi connectivity index (χ4v) is 7.76. The summed E-state index contributed by atoms with van der Waals surface area (Å²) in [5.74, 6) is 0. The van der Waals surface area contributed by atoms with E-state index < -0.39 is 7.60 Å². The molecule has 2 N–H and O–H groups in total. The van der Waals surface area contributed by atoms with Crippen molar-refractivity contribution in [3.05, 3.63) is 218 Å². The smallest absolute Gasteiger partial charge is 0.324 e. The third-order valence-corrected chi connectivity index (χ3v) is 11.7. The van der Waals surface area contributed by atoms with Gasteiger partial charge in [-0.25, -0.2) is 27.4 Å². The maximum absolute atomic E-state index is 11.2. The molecule has 0 atom stereocenters. The van der Waals surface area contributed by atoms with Crippen molar-refractivity contribution in [3.63, 3.8) is 0 Å². The first-order chi connectivity index (χ1) is 29.2. The standard InChI is InChI=1S/C50H49N6O3P/c1-2-51-23-11-45(12-24-51)47-15-27-53(28-16-47)37-41-3-7-43(8-4-41)39-55-31-19-49(20-32-55)50-21-33-56(34-22-50)40-44-9-5-42(6-10-44)38-54-29-17-48(18-30-54)46-13-25-52(26-14-46)35-36-60(57,58)59/h3-34H,2,35-40H2,1H3/q+4/p+2. The van der Waals surface area contributed by atoms with E-state index in [0.717, 1.165) is 43.9 Å². The predicted octanol–water partition coefficient (Wildman–Crippen LogP) is 5.80. The third kappa shape index (κ3) is 10.9. The zero-order chi connectivity index (χ0) is 41.3. The second kappa shape index (κ2) is 18.6. The molecule has 0 bridgehead atoms. The highest BCUT2D eigenvalue weighted by Gasteiger charge is 2.16. The molecule has 0 aliphatic carbocycles. The molecule has 0 aliphatic heterocycles. The lowest BCUT2D eigenvalue weighted by atomic mass is 10.1. The maximum Gasteiger partial charge on any atom is 0.331 e. The van der Waals surface area contributed by atoms with E-state index in [-0.39, 0.29) is 12.7 Å². The van der Waals surface area contributed by atoms with Crippen LogP contribution < -0.4 is 27.4 Å². The summed E-state index contributed by atoms with van der Waals surface area (Å²) in [7, 11) is -4.01. The van der Waals surface area contributed by atoms with Crippen LogP contribution in [-0.4, -0.2) is 15.9 Å². The molecule has 298 valence electrons. The molecule has 0 radical (unpaired) electrons. The number of hydrogen-bond donors (Lipinski definition) is 2. The minimum absolute atomic E-state index is 0.171. The van der Waals surface area contributed by atoms with Crippen molar-refractivity contribution in [2.45, 2.75) is 46.2 Å². The lowest BCUT2D eigenvalue weighted by Crippen LogP contribution is -2.34. The van der Waals surface area contributed by atoms with Crippen LogP contribution in [0.1, 0.15) is 29.2 Å². The number of pyridine rings is 6. The Balaban J connectivity index is 0.795. The summed E-state index contributed by atoms with van der Waals surface area (Å²) in [5, 5.41) is 0. The number of rotatable bonds is 15. The van der Waals surface area contributed by atoms with Gasteiger partial charge >= 0.3 is 7.60 Å². The molecule has 0 saturated carbocycles. The molecule has 0 amide bonds. The fraction of sp³-hybridized carbons (Fsp3) is 0.160. The van der Waals surface area contributed by atoms with E-state index in [4.69, 9.17) is 9.79 Å². The van der Waals surface area contributed by atoms with Gasteiger partial charge < -0.3 is 9.79 Å². The van der Waals surface area contributed by atoms with Gasteiger partial charge in [-0.1, -0.05) is 48.5 Å². The first-order valence-corrected chi connectivity index (χ1v) is 22.2. The molecule has 60 heavy (non-hydrogen) atoms. The number of benzene rings is 2. The average Bonchev–Trinajstić information content (AvgIpc) is 3.28. The lowest BCUT2D eigenvalue weighted by Gasteiger charge is -2.04. The third-order valence-electron chi connectivity index (χ3n) is 10.9. The van der Waals surface area contributed by atoms with Crippen LogP contribution in [0.5, 0.6) is 0 Å². The molecule has 0 fully saturated rings. The van der Waals surface area contributed by atoms with Crippen LogP contribution in [0.2, 0.25) is 0 Å². The summed E-state index contributed by atoms with van der Waals surface area (Å²) in [4.78, 5) is 18.3. The van der Waals surface area contributed by atoms with E-state index in [9.17, 15) is 4.57 Å². The Hall–Kier alpha value is -6.51. The van der Waals surface area contributed by atoms with Crippen LogP contribution in [0.3, 0.4) is 0 Å². The monoisotopic (exact) mass is 814 g/mol. The van der Waals surface area contributed by atoms with Gasteiger partial charge in [-0.15, -0.1) is 0 Å². The summed E-state index contributed by atoms with van der Waals surface area (Å²) >= 11 is 0. The van der Waals surface area contributed by atoms with Crippen LogP contribution in [0, 0.1) is 0 Å². The van der Waals surface area contributed by atoms with Crippen LogP contribution in [0.25, 0.3) is 33.4 Å². The number of aryl methyl sites for hydroxylation is 2. The van der Waals surface area contributed by atoms with Crippen molar-refractivity contribution in [1.29, 1.82) is 0 Å². The zero-order valence-corrected chi connectivity index (χ0v) is 34.8. The Kier molecular flexibility index (Phi) is 12.5. The lowest BCUT2D eigenvalue weighted by molar-refractivity contribution is -0.693. The summed E-state index contributed by atoms with van der Waals surface area (Å²) in [6, 6.07) is 43.3. The van der Waals surface area contributed by atoms with Crippen molar-refractivity contribution < 1.29 is 41.8 Å². The molecule has 6 aromatic heterocycles. The molecule has 0 spiro atoms. The summed E-state index contributed by atoms with van der Waals surface area (Å²) < 4.78 is 24.0.